The van der Waals surface area contributed by atoms with Crippen molar-refractivity contribution in [2.75, 3.05) is 19.0 Å². The van der Waals surface area contributed by atoms with Gasteiger partial charge in [-0.2, -0.15) is 0 Å². The number of nitrogens with one attached hydrogen (secondary N) is 1. The Morgan fingerprint density at radius 3 is 2.61 bits per heavy atom. The summed E-state index contributed by atoms with van der Waals surface area (Å²) in [5, 5.41) is 3.41. The summed E-state index contributed by atoms with van der Waals surface area (Å²) in [6.07, 6.45) is -0.187. The third-order valence-electron chi connectivity index (χ3n) is 3.84. The summed E-state index contributed by atoms with van der Waals surface area (Å²) in [4.78, 5) is 14.2. The first-order chi connectivity index (χ1) is 11.1. The fraction of sp³-hybridized carbons (Fsp3) is 0.211. The van der Waals surface area contributed by atoms with Gasteiger partial charge in [-0.05, 0) is 42.3 Å². The number of fused-ring (bicyclic) bond motifs is 1. The van der Waals surface area contributed by atoms with Crippen LogP contribution in [0.1, 0.15) is 29.0 Å². The number of benzene rings is 2. The van der Waals surface area contributed by atoms with Crippen LogP contribution in [0.5, 0.6) is 5.75 Å². The van der Waals surface area contributed by atoms with Gasteiger partial charge < -0.3 is 15.0 Å². The molecule has 0 bridgehead atoms. The number of nitrogens with zero attached hydrogens (tertiary/aromatic N) is 1. The molecular formula is C19H20N2O2. The smallest absolute Gasteiger partial charge is 0.257 e. The van der Waals surface area contributed by atoms with Gasteiger partial charge in [0.15, 0.2) is 0 Å². The second kappa shape index (κ2) is 6.16. The Morgan fingerprint density at radius 1 is 1.22 bits per heavy atom. The van der Waals surface area contributed by atoms with Crippen LogP contribution in [-0.4, -0.2) is 24.5 Å². The minimum absolute atomic E-state index is 0.0203. The minimum Gasteiger partial charge on any atom is -0.489 e. The molecule has 0 aliphatic carbocycles. The molecule has 4 nitrogen and oxygen atoms in total. The lowest BCUT2D eigenvalue weighted by molar-refractivity contribution is 0.0735. The van der Waals surface area contributed by atoms with Crippen molar-refractivity contribution in [2.24, 2.45) is 0 Å². The zero-order valence-corrected chi connectivity index (χ0v) is 13.4. The largest absolute Gasteiger partial charge is 0.489 e. The molecule has 2 aromatic carbocycles. The molecule has 1 aliphatic heterocycles. The van der Waals surface area contributed by atoms with Crippen LogP contribution in [0.3, 0.4) is 0 Å². The Labute approximate surface area is 136 Å². The van der Waals surface area contributed by atoms with Crippen LogP contribution in [0.15, 0.2) is 60.7 Å². The zero-order chi connectivity index (χ0) is 16.4. The lowest BCUT2D eigenvalue weighted by atomic mass is 10.0. The number of hydrogen-bond donors (Lipinski definition) is 1. The van der Waals surface area contributed by atoms with Gasteiger partial charge in [0.2, 0.25) is 0 Å². The molecule has 1 amide bonds. The number of ether oxygens (including phenoxy) is 1. The highest BCUT2D eigenvalue weighted by atomic mass is 16.5. The van der Waals surface area contributed by atoms with Gasteiger partial charge >= 0.3 is 0 Å². The molecule has 0 saturated carbocycles. The van der Waals surface area contributed by atoms with E-state index in [1.165, 1.54) is 0 Å². The van der Waals surface area contributed by atoms with Gasteiger partial charge in [-0.15, -0.1) is 0 Å². The lowest BCUT2D eigenvalue weighted by Crippen LogP contribution is -2.40. The van der Waals surface area contributed by atoms with Crippen LogP contribution in [-0.2, 0) is 0 Å². The molecule has 2 aromatic rings. The molecule has 0 aromatic heterocycles. The van der Waals surface area contributed by atoms with Crippen molar-refractivity contribution >= 4 is 11.6 Å². The van der Waals surface area contributed by atoms with E-state index in [1.807, 2.05) is 55.5 Å². The summed E-state index contributed by atoms with van der Waals surface area (Å²) >= 11 is 0. The van der Waals surface area contributed by atoms with E-state index in [2.05, 4.69) is 11.9 Å². The van der Waals surface area contributed by atoms with Crippen LogP contribution >= 0.6 is 0 Å². The maximum absolute atomic E-state index is 12.5. The highest BCUT2D eigenvalue weighted by Crippen LogP contribution is 2.32. The molecule has 1 N–H and O–H groups in total. The number of anilines is 1. The Kier molecular flexibility index (Phi) is 4.06. The van der Waals surface area contributed by atoms with E-state index < -0.39 is 0 Å². The first-order valence-electron chi connectivity index (χ1n) is 7.56. The molecule has 1 atom stereocenters. The van der Waals surface area contributed by atoms with Gasteiger partial charge in [0, 0.05) is 12.7 Å². The van der Waals surface area contributed by atoms with Crippen molar-refractivity contribution in [3.63, 3.8) is 0 Å². The number of carbonyl (C=O) groups excluding carboxylic acids is 1. The highest BCUT2D eigenvalue weighted by molar-refractivity contribution is 6.01. The van der Waals surface area contributed by atoms with E-state index in [9.17, 15) is 4.79 Å². The second-order valence-electron chi connectivity index (χ2n) is 5.82. The van der Waals surface area contributed by atoms with Gasteiger partial charge in [0.25, 0.3) is 5.91 Å². The SMILES string of the molecule is C=C(C)COc1ccc(C2Nc3ccccc3C(=O)N2C)cc1. The van der Waals surface area contributed by atoms with Crippen LogP contribution in [0.25, 0.3) is 0 Å². The second-order valence-corrected chi connectivity index (χ2v) is 5.82. The fourth-order valence-electron chi connectivity index (χ4n) is 2.61. The Balaban J connectivity index is 1.82. The van der Waals surface area contributed by atoms with Gasteiger partial charge in [0.05, 0.1) is 5.56 Å². The average Bonchev–Trinajstić information content (AvgIpc) is 2.57. The quantitative estimate of drug-likeness (QED) is 0.873. The van der Waals surface area contributed by atoms with Crippen molar-refractivity contribution < 1.29 is 9.53 Å². The van der Waals surface area contributed by atoms with Gasteiger partial charge in [-0.3, -0.25) is 4.79 Å². The Hall–Kier alpha value is -2.75. The number of hydrogen-bond acceptors (Lipinski definition) is 3. The van der Waals surface area contributed by atoms with Crippen LogP contribution in [0.2, 0.25) is 0 Å². The van der Waals surface area contributed by atoms with E-state index >= 15 is 0 Å². The third-order valence-corrected chi connectivity index (χ3v) is 3.84. The molecule has 1 heterocycles. The van der Waals surface area contributed by atoms with Crippen LogP contribution < -0.4 is 10.1 Å². The molecule has 23 heavy (non-hydrogen) atoms. The molecular weight excluding hydrogens is 288 g/mol. The molecule has 3 rings (SSSR count). The molecule has 0 radical (unpaired) electrons. The average molecular weight is 308 g/mol. The number of carbonyl (C=O) groups is 1. The van der Waals surface area contributed by atoms with E-state index in [0.717, 1.165) is 22.6 Å². The summed E-state index contributed by atoms with van der Waals surface area (Å²) in [5.74, 6) is 0.814. The molecule has 118 valence electrons. The van der Waals surface area contributed by atoms with Crippen molar-refractivity contribution in [2.45, 2.75) is 13.1 Å². The fourth-order valence-corrected chi connectivity index (χ4v) is 2.61. The molecule has 0 fully saturated rings. The standard InChI is InChI=1S/C19H20N2O2/c1-13(2)12-23-15-10-8-14(9-11-15)18-20-17-7-5-4-6-16(17)19(22)21(18)3/h4-11,18,20H,1,12H2,2-3H3. The van der Waals surface area contributed by atoms with Gasteiger partial charge in [-0.25, -0.2) is 0 Å². The van der Waals surface area contributed by atoms with E-state index in [0.29, 0.717) is 12.2 Å². The van der Waals surface area contributed by atoms with Crippen LogP contribution in [0, 0.1) is 0 Å². The van der Waals surface area contributed by atoms with E-state index in [1.54, 1.807) is 11.9 Å². The van der Waals surface area contributed by atoms with E-state index in [4.69, 9.17) is 4.74 Å². The number of amides is 1. The predicted molar refractivity (Wildman–Crippen MR) is 91.7 cm³/mol. The Bertz CT molecular complexity index is 737. The number of rotatable bonds is 4. The van der Waals surface area contributed by atoms with Gasteiger partial charge in [0.1, 0.15) is 18.5 Å². The highest BCUT2D eigenvalue weighted by Gasteiger charge is 2.29. The summed E-state index contributed by atoms with van der Waals surface area (Å²) in [6.45, 7) is 6.26. The van der Waals surface area contributed by atoms with Crippen LogP contribution in [0.4, 0.5) is 5.69 Å². The Morgan fingerprint density at radius 2 is 1.91 bits per heavy atom. The molecule has 1 aliphatic rings. The zero-order valence-electron chi connectivity index (χ0n) is 13.4. The molecule has 0 saturated heterocycles. The van der Waals surface area contributed by atoms with Crippen molar-refractivity contribution in [1.82, 2.24) is 4.90 Å². The summed E-state index contributed by atoms with van der Waals surface area (Å²) < 4.78 is 5.61. The van der Waals surface area contributed by atoms with Crippen molar-refractivity contribution in [3.05, 3.63) is 71.8 Å². The number of para-hydroxylation sites is 1. The molecule has 1 unspecified atom stereocenters. The topological polar surface area (TPSA) is 41.6 Å². The van der Waals surface area contributed by atoms with E-state index in [-0.39, 0.29) is 12.1 Å². The van der Waals surface area contributed by atoms with Gasteiger partial charge in [-0.1, -0.05) is 30.8 Å². The molecule has 4 heteroatoms. The molecule has 0 spiro atoms. The van der Waals surface area contributed by atoms with Crippen molar-refractivity contribution in [1.29, 1.82) is 0 Å². The monoisotopic (exact) mass is 308 g/mol. The normalized spacial score (nSPS) is 16.5. The maximum Gasteiger partial charge on any atom is 0.257 e. The predicted octanol–water partition coefficient (Wildman–Crippen LogP) is 3.84. The minimum atomic E-state index is -0.187. The first kappa shape index (κ1) is 15.2. The summed E-state index contributed by atoms with van der Waals surface area (Å²) in [7, 11) is 1.81. The third kappa shape index (κ3) is 3.06. The summed E-state index contributed by atoms with van der Waals surface area (Å²) in [5.41, 5.74) is 3.55. The maximum atomic E-state index is 12.5. The lowest BCUT2D eigenvalue weighted by Gasteiger charge is -2.35. The summed E-state index contributed by atoms with van der Waals surface area (Å²) in [6, 6.07) is 15.4. The first-order valence-corrected chi connectivity index (χ1v) is 7.56. The van der Waals surface area contributed by atoms with Crippen molar-refractivity contribution in [3.8, 4) is 5.75 Å².